The van der Waals surface area contributed by atoms with Crippen molar-refractivity contribution in [3.63, 3.8) is 0 Å². The zero-order valence-corrected chi connectivity index (χ0v) is 19.1. The number of aromatic nitrogens is 2. The number of hydrogen-bond acceptors (Lipinski definition) is 6. The maximum atomic E-state index is 13.1. The Morgan fingerprint density at radius 1 is 1.03 bits per heavy atom. The molecule has 0 saturated carbocycles. The molecule has 8 heteroatoms. The Morgan fingerprint density at radius 2 is 1.75 bits per heavy atom. The van der Waals surface area contributed by atoms with E-state index in [4.69, 9.17) is 4.74 Å². The summed E-state index contributed by atoms with van der Waals surface area (Å²) in [6, 6.07) is 7.69. The van der Waals surface area contributed by atoms with Crippen LogP contribution in [-0.4, -0.2) is 85.1 Å². The molecule has 2 saturated heterocycles. The lowest BCUT2D eigenvalue weighted by atomic mass is 9.96. The number of rotatable bonds is 4. The van der Waals surface area contributed by atoms with Crippen molar-refractivity contribution in [1.82, 2.24) is 19.8 Å². The minimum absolute atomic E-state index is 0.0378. The minimum atomic E-state index is -0.0426. The summed E-state index contributed by atoms with van der Waals surface area (Å²) in [7, 11) is 3.96. The highest BCUT2D eigenvalue weighted by Crippen LogP contribution is 2.26. The molecular weight excluding hydrogens is 406 g/mol. The molecule has 0 spiro atoms. The van der Waals surface area contributed by atoms with Gasteiger partial charge < -0.3 is 19.4 Å². The minimum Gasteiger partial charge on any atom is -0.378 e. The van der Waals surface area contributed by atoms with Gasteiger partial charge in [0.15, 0.2) is 0 Å². The van der Waals surface area contributed by atoms with Gasteiger partial charge in [-0.25, -0.2) is 9.97 Å². The highest BCUT2D eigenvalue weighted by Gasteiger charge is 2.28. The summed E-state index contributed by atoms with van der Waals surface area (Å²) in [4.78, 5) is 40.8. The molecule has 170 valence electrons. The van der Waals surface area contributed by atoms with Crippen molar-refractivity contribution >= 4 is 17.5 Å². The average molecular weight is 438 g/mol. The van der Waals surface area contributed by atoms with Crippen LogP contribution < -0.4 is 4.90 Å². The molecule has 8 nitrogen and oxygen atoms in total. The number of likely N-dealkylation sites (tertiary alicyclic amines) is 1. The van der Waals surface area contributed by atoms with E-state index < -0.39 is 0 Å². The molecule has 2 aliphatic heterocycles. The van der Waals surface area contributed by atoms with Gasteiger partial charge in [-0.05, 0) is 44.0 Å². The largest absolute Gasteiger partial charge is 0.378 e. The molecule has 0 aliphatic carbocycles. The number of piperidine rings is 1. The van der Waals surface area contributed by atoms with Gasteiger partial charge >= 0.3 is 0 Å². The fraction of sp³-hybridized carbons (Fsp3) is 0.500. The zero-order valence-electron chi connectivity index (χ0n) is 19.1. The first kappa shape index (κ1) is 22.2. The number of hydrogen-bond donors (Lipinski definition) is 0. The topological polar surface area (TPSA) is 78.9 Å². The van der Waals surface area contributed by atoms with Gasteiger partial charge in [0.05, 0.1) is 24.5 Å². The van der Waals surface area contributed by atoms with Crippen LogP contribution in [0.3, 0.4) is 0 Å². The third kappa shape index (κ3) is 4.75. The molecule has 0 bridgehead atoms. The Labute approximate surface area is 189 Å². The van der Waals surface area contributed by atoms with Crippen LogP contribution in [0.4, 0.5) is 5.69 Å². The summed E-state index contributed by atoms with van der Waals surface area (Å²) in [6.45, 7) is 5.49. The van der Waals surface area contributed by atoms with E-state index in [1.807, 2.05) is 55.1 Å². The number of carbonyl (C=O) groups excluding carboxylic acids is 2. The number of carbonyl (C=O) groups is 2. The second-order valence-electron chi connectivity index (χ2n) is 8.66. The number of nitrogens with zero attached hydrogens (tertiary/aromatic N) is 5. The molecule has 2 aliphatic rings. The fourth-order valence-corrected chi connectivity index (χ4v) is 4.29. The summed E-state index contributed by atoms with van der Waals surface area (Å²) in [5.41, 5.74) is 2.99. The molecule has 2 fully saturated rings. The fourth-order valence-electron chi connectivity index (χ4n) is 4.29. The molecule has 4 rings (SSSR count). The highest BCUT2D eigenvalue weighted by molar-refractivity contribution is 5.95. The van der Waals surface area contributed by atoms with E-state index in [9.17, 15) is 9.59 Å². The Morgan fingerprint density at radius 3 is 2.41 bits per heavy atom. The Bertz CT molecular complexity index is 970. The van der Waals surface area contributed by atoms with Crippen LogP contribution in [0.25, 0.3) is 0 Å². The van der Waals surface area contributed by atoms with Crippen molar-refractivity contribution in [3.8, 4) is 0 Å². The maximum absolute atomic E-state index is 13.1. The lowest BCUT2D eigenvalue weighted by Crippen LogP contribution is -2.41. The Hall–Kier alpha value is -3.00. The van der Waals surface area contributed by atoms with E-state index in [-0.39, 0.29) is 17.7 Å². The van der Waals surface area contributed by atoms with Gasteiger partial charge in [-0.1, -0.05) is 0 Å². The number of aryl methyl sites for hydroxylation is 1. The van der Waals surface area contributed by atoms with Crippen molar-refractivity contribution in [2.45, 2.75) is 25.7 Å². The predicted molar refractivity (Wildman–Crippen MR) is 122 cm³/mol. The molecule has 0 radical (unpaired) electrons. The quantitative estimate of drug-likeness (QED) is 0.731. The van der Waals surface area contributed by atoms with E-state index in [1.165, 1.54) is 0 Å². The lowest BCUT2D eigenvalue weighted by molar-refractivity contribution is 0.0301. The molecule has 3 heterocycles. The van der Waals surface area contributed by atoms with Crippen LogP contribution in [0.15, 0.2) is 30.5 Å². The van der Waals surface area contributed by atoms with Gasteiger partial charge in [-0.2, -0.15) is 0 Å². The molecule has 1 unspecified atom stereocenters. The molecule has 1 aromatic heterocycles. The molecular formula is C24H31N5O3. The molecule has 2 amide bonds. The van der Waals surface area contributed by atoms with Crippen LogP contribution in [-0.2, 0) is 4.74 Å². The number of amides is 2. The lowest BCUT2D eigenvalue weighted by Gasteiger charge is -2.32. The molecule has 0 N–H and O–H groups in total. The molecule has 32 heavy (non-hydrogen) atoms. The molecule has 1 aromatic carbocycles. The number of anilines is 1. The van der Waals surface area contributed by atoms with Crippen molar-refractivity contribution in [1.29, 1.82) is 0 Å². The van der Waals surface area contributed by atoms with Gasteiger partial charge in [0.2, 0.25) is 0 Å². The second-order valence-corrected chi connectivity index (χ2v) is 8.66. The highest BCUT2D eigenvalue weighted by atomic mass is 16.5. The third-order valence-corrected chi connectivity index (χ3v) is 6.23. The molecule has 1 atom stereocenters. The van der Waals surface area contributed by atoms with Gasteiger partial charge in [0.25, 0.3) is 11.8 Å². The smallest absolute Gasteiger partial charge is 0.257 e. The van der Waals surface area contributed by atoms with Crippen LogP contribution in [0.2, 0.25) is 0 Å². The van der Waals surface area contributed by atoms with Crippen LogP contribution in [0.1, 0.15) is 51.0 Å². The van der Waals surface area contributed by atoms with Crippen LogP contribution in [0.5, 0.6) is 0 Å². The van der Waals surface area contributed by atoms with Gasteiger partial charge in [0, 0.05) is 63.6 Å². The zero-order chi connectivity index (χ0) is 22.7. The van der Waals surface area contributed by atoms with Crippen molar-refractivity contribution in [2.75, 3.05) is 58.4 Å². The number of morpholine rings is 1. The number of benzene rings is 1. The SMILES string of the molecule is Cc1nc(C2CCCN(C(=O)c3ccc(N(C)C)cc3)C2)ncc1C(=O)N1CCOCC1. The van der Waals surface area contributed by atoms with E-state index in [0.29, 0.717) is 55.5 Å². The first-order chi connectivity index (χ1) is 15.4. The number of ether oxygens (including phenoxy) is 1. The summed E-state index contributed by atoms with van der Waals surface area (Å²) in [5, 5.41) is 0. The second kappa shape index (κ2) is 9.65. The maximum Gasteiger partial charge on any atom is 0.257 e. The van der Waals surface area contributed by atoms with Crippen LogP contribution in [0, 0.1) is 6.92 Å². The third-order valence-electron chi connectivity index (χ3n) is 6.23. The van der Waals surface area contributed by atoms with E-state index in [0.717, 1.165) is 25.1 Å². The first-order valence-electron chi connectivity index (χ1n) is 11.2. The summed E-state index contributed by atoms with van der Waals surface area (Å²) in [6.07, 6.45) is 3.48. The summed E-state index contributed by atoms with van der Waals surface area (Å²) < 4.78 is 5.33. The van der Waals surface area contributed by atoms with E-state index >= 15 is 0 Å². The van der Waals surface area contributed by atoms with Crippen LogP contribution >= 0.6 is 0 Å². The summed E-state index contributed by atoms with van der Waals surface area (Å²) in [5.74, 6) is 0.774. The van der Waals surface area contributed by atoms with E-state index in [1.54, 1.807) is 11.1 Å². The molecule has 2 aromatic rings. The van der Waals surface area contributed by atoms with Gasteiger partial charge in [-0.15, -0.1) is 0 Å². The standard InChI is InChI=1S/C24H31N5O3/c1-17-21(24(31)28-11-13-32-14-12-28)15-25-22(26-17)19-5-4-10-29(16-19)23(30)18-6-8-20(9-7-18)27(2)3/h6-9,15,19H,4-5,10-14,16H2,1-3H3. The normalized spacial score (nSPS) is 19.0. The Kier molecular flexibility index (Phi) is 6.69. The Balaban J connectivity index is 1.45. The van der Waals surface area contributed by atoms with Crippen molar-refractivity contribution in [2.24, 2.45) is 0 Å². The van der Waals surface area contributed by atoms with Gasteiger partial charge in [-0.3, -0.25) is 9.59 Å². The van der Waals surface area contributed by atoms with Crippen molar-refractivity contribution in [3.05, 3.63) is 53.1 Å². The summed E-state index contributed by atoms with van der Waals surface area (Å²) >= 11 is 0. The van der Waals surface area contributed by atoms with E-state index in [2.05, 4.69) is 9.97 Å². The monoisotopic (exact) mass is 437 g/mol. The van der Waals surface area contributed by atoms with Crippen molar-refractivity contribution < 1.29 is 14.3 Å². The average Bonchev–Trinajstić information content (AvgIpc) is 2.84. The predicted octanol–water partition coefficient (Wildman–Crippen LogP) is 2.34. The first-order valence-corrected chi connectivity index (χ1v) is 11.2. The van der Waals surface area contributed by atoms with Gasteiger partial charge in [0.1, 0.15) is 5.82 Å².